The molecule has 0 aliphatic heterocycles. The van der Waals surface area contributed by atoms with Gasteiger partial charge in [0.1, 0.15) is 70.5 Å². The number of aliphatic hydroxyl groups excluding tert-OH is 4. The van der Waals surface area contributed by atoms with Crippen LogP contribution in [0.3, 0.4) is 0 Å². The monoisotopic (exact) mass is 1740 g/mol. The number of amides is 4. The average Bonchev–Trinajstić information content (AvgIpc) is 0.814. The summed E-state index contributed by atoms with van der Waals surface area (Å²) in [5, 5.41) is 57.4. The third kappa shape index (κ3) is 25.8. The lowest BCUT2D eigenvalue weighted by Crippen LogP contribution is -2.19. The van der Waals surface area contributed by atoms with Gasteiger partial charge in [0.2, 0.25) is 23.6 Å². The summed E-state index contributed by atoms with van der Waals surface area (Å²) in [5.74, 6) is -1.61. The van der Waals surface area contributed by atoms with Crippen molar-refractivity contribution < 1.29 is 57.2 Å². The molecule has 0 spiro atoms. The maximum atomic E-state index is 13.4. The van der Waals surface area contributed by atoms with E-state index < -0.39 is 24.4 Å². The maximum Gasteiger partial charge on any atom is 0.229 e. The number of hydrogen-bond acceptors (Lipinski definition) is 16. The van der Waals surface area contributed by atoms with E-state index in [9.17, 15) is 57.2 Å². The van der Waals surface area contributed by atoms with Gasteiger partial charge in [-0.2, -0.15) is 0 Å². The Morgan fingerprint density at radius 2 is 0.519 bits per heavy atom. The van der Waals surface area contributed by atoms with Gasteiger partial charge in [0.15, 0.2) is 23.3 Å². The molecule has 131 heavy (non-hydrogen) atoms. The highest BCUT2D eigenvalue weighted by atomic mass is 19.1. The first kappa shape index (κ1) is 91.1. The minimum absolute atomic E-state index is 0.146. The van der Waals surface area contributed by atoms with Crippen molar-refractivity contribution in [3.05, 3.63) is 467 Å². The predicted octanol–water partition coefficient (Wildman–Crippen LogP) is 20.5. The molecule has 4 unspecified atom stereocenters. The molecular formula is C107H88F4N12O8. The van der Waals surface area contributed by atoms with E-state index in [2.05, 4.69) is 61.1 Å². The van der Waals surface area contributed by atoms with Crippen molar-refractivity contribution in [1.82, 2.24) is 39.9 Å². The molecule has 8 N–H and O–H groups in total. The number of aryl methyl sites for hydroxylation is 2. The molecule has 0 fully saturated rings. The van der Waals surface area contributed by atoms with E-state index in [0.717, 1.165) is 33.9 Å². The number of nitrogens with one attached hydrogen (secondary N) is 4. The maximum absolute atomic E-state index is 13.4. The Hall–Kier alpha value is -16.1. The van der Waals surface area contributed by atoms with Gasteiger partial charge in [-0.1, -0.05) is 255 Å². The largest absolute Gasteiger partial charge is 0.382 e. The molecule has 0 saturated carbocycles. The number of nitrogens with zero attached hydrogens (tertiary/aromatic N) is 8. The molecule has 652 valence electrons. The van der Waals surface area contributed by atoms with Crippen molar-refractivity contribution in [2.45, 2.75) is 69.4 Å². The second-order valence-corrected chi connectivity index (χ2v) is 30.3. The quantitative estimate of drug-likeness (QED) is 0.0222. The zero-order chi connectivity index (χ0) is 91.2. The molecule has 17 aromatic rings. The summed E-state index contributed by atoms with van der Waals surface area (Å²) in [5.41, 5.74) is 11.8. The molecule has 4 amide bonds. The second kappa shape index (κ2) is 45.3. The lowest BCUT2D eigenvalue weighted by atomic mass is 10.0. The first-order valence-electron chi connectivity index (χ1n) is 42.1. The average molecular weight is 1750 g/mol. The number of rotatable bonds is 27. The van der Waals surface area contributed by atoms with Gasteiger partial charge in [-0.25, -0.2) is 57.4 Å². The molecule has 0 radical (unpaired) electrons. The van der Waals surface area contributed by atoms with E-state index >= 15 is 0 Å². The van der Waals surface area contributed by atoms with E-state index in [1.54, 1.807) is 97.1 Å². The van der Waals surface area contributed by atoms with Crippen molar-refractivity contribution in [2.24, 2.45) is 0 Å². The summed E-state index contributed by atoms with van der Waals surface area (Å²) >= 11 is 0. The molecule has 20 nitrogen and oxygen atoms in total. The molecule has 0 aliphatic carbocycles. The Bertz CT molecular complexity index is 6640. The zero-order valence-electron chi connectivity index (χ0n) is 70.6. The Balaban J connectivity index is 0.000000141. The van der Waals surface area contributed by atoms with Crippen molar-refractivity contribution in [1.29, 1.82) is 0 Å². The molecule has 4 atom stereocenters. The molecule has 4 heterocycles. The van der Waals surface area contributed by atoms with Crippen LogP contribution in [0.4, 0.5) is 40.8 Å². The molecule has 4 aromatic heterocycles. The lowest BCUT2D eigenvalue weighted by molar-refractivity contribution is -0.117. The van der Waals surface area contributed by atoms with Crippen molar-refractivity contribution >= 4 is 57.7 Å². The summed E-state index contributed by atoms with van der Waals surface area (Å²) in [6.07, 6.45) is 4.59. The Kier molecular flexibility index (Phi) is 31.5. The number of fused-ring (bicyclic) bond motifs is 1. The van der Waals surface area contributed by atoms with Crippen LogP contribution < -0.4 is 21.3 Å². The summed E-state index contributed by atoms with van der Waals surface area (Å²) in [7, 11) is 0. The SMILES string of the molecule is O=C(CCCc1ccccc1)Nc1ncc(-c2ccc(F)cc2)nc1C(O)c1ccccc1.O=C(CCc1ccccc1)Nc1ncc(-c2ccc(F)cc2)nc1C(O)c1ccccc1.O=C(Cc1ccc2ccccc2c1)Nc1ncc(-c2ccc(F)cc2)nc1C(O)c1ccccc1.O=C(Cc1ccccc1)Nc1ncc(-c2ccc(F)cc2)nc1C(O)c1ccccc1. The fourth-order valence-corrected chi connectivity index (χ4v) is 14.0. The normalized spacial score (nSPS) is 11.7. The molecule has 0 aliphatic rings. The van der Waals surface area contributed by atoms with E-state index in [1.807, 2.05) is 206 Å². The van der Waals surface area contributed by atoms with Crippen molar-refractivity contribution in [2.75, 3.05) is 21.3 Å². The van der Waals surface area contributed by atoms with Gasteiger partial charge in [0, 0.05) is 35.1 Å². The Labute approximate surface area is 753 Å². The van der Waals surface area contributed by atoms with Gasteiger partial charge in [-0.3, -0.25) is 19.2 Å². The van der Waals surface area contributed by atoms with Crippen LogP contribution in [-0.2, 0) is 44.9 Å². The second-order valence-electron chi connectivity index (χ2n) is 30.3. The van der Waals surface area contributed by atoms with E-state index in [1.165, 1.54) is 78.9 Å². The standard InChI is InChI=1S/C29H22FN3O2.C27H24FN3O2.C26H22FN3O2.C25H20FN3O2/c30-24-14-12-21(13-15-24)25-18-31-29(27(32-25)28(35)22-7-2-1-3-8-22)33-26(34)17-19-10-11-20-6-4-5-9-23(20)16-19;28-22-16-14-20(15-17-22)23-18-29-27(25(30-23)26(33)21-11-5-2-6-12-21)31-24(32)13-7-10-19-8-3-1-4-9-19;27-21-14-12-19(13-15-21)22-17-28-26(24(29-22)25(32)20-9-5-2-6-10-20)30-23(31)16-11-18-7-3-1-4-8-18;26-20-13-11-18(12-14-20)21-16-27-25(29-22(30)15-17-7-3-1-4-8-17)23(28-21)24(31)19-9-5-2-6-10-19/h1-16,18,28,35H,17H2,(H,31,33,34);1-6,8-9,11-12,14-18,26,33H,7,10,13H2,(H,29,31,32);1-10,12-15,17,25,32H,11,16H2,(H,28,30,31);1-14,16,24,31H,15H2,(H,27,29,30). The highest BCUT2D eigenvalue weighted by Crippen LogP contribution is 2.35. The summed E-state index contributed by atoms with van der Waals surface area (Å²) in [6.45, 7) is 0. The molecule has 0 bridgehead atoms. The number of benzene rings is 13. The van der Waals surface area contributed by atoms with Crippen LogP contribution in [0.25, 0.3) is 55.8 Å². The van der Waals surface area contributed by atoms with Gasteiger partial charge >= 0.3 is 0 Å². The van der Waals surface area contributed by atoms with Crippen LogP contribution in [0.15, 0.2) is 377 Å². The van der Waals surface area contributed by atoms with Gasteiger partial charge in [-0.05, 0) is 172 Å². The first-order valence-corrected chi connectivity index (χ1v) is 42.1. The number of hydrogen-bond donors (Lipinski definition) is 8. The number of aliphatic hydroxyl groups is 4. The fourth-order valence-electron chi connectivity index (χ4n) is 14.0. The summed E-state index contributed by atoms with van der Waals surface area (Å²) in [4.78, 5) is 86.5. The minimum Gasteiger partial charge on any atom is -0.382 e. The molecule has 24 heteroatoms. The van der Waals surface area contributed by atoms with Crippen LogP contribution in [0, 0.1) is 23.3 Å². The Morgan fingerprint density at radius 1 is 0.260 bits per heavy atom. The summed E-state index contributed by atoms with van der Waals surface area (Å²) in [6, 6.07) is 102. The van der Waals surface area contributed by atoms with Crippen LogP contribution in [0.2, 0.25) is 0 Å². The highest BCUT2D eigenvalue weighted by molar-refractivity contribution is 5.95. The van der Waals surface area contributed by atoms with Crippen LogP contribution >= 0.6 is 0 Å². The van der Waals surface area contributed by atoms with Gasteiger partial charge < -0.3 is 41.7 Å². The van der Waals surface area contributed by atoms with Gasteiger partial charge in [0.25, 0.3) is 0 Å². The smallest absolute Gasteiger partial charge is 0.229 e. The van der Waals surface area contributed by atoms with E-state index in [4.69, 9.17) is 0 Å². The van der Waals surface area contributed by atoms with E-state index in [0.29, 0.717) is 86.5 Å². The topological polar surface area (TPSA) is 300 Å². The molecule has 0 saturated heterocycles. The third-order valence-corrected chi connectivity index (χ3v) is 20.9. The van der Waals surface area contributed by atoms with E-state index in [-0.39, 0.29) is 112 Å². The van der Waals surface area contributed by atoms with Crippen molar-refractivity contribution in [3.8, 4) is 45.0 Å². The van der Waals surface area contributed by atoms with Crippen molar-refractivity contribution in [3.63, 3.8) is 0 Å². The number of carbonyl (C=O) groups is 4. The van der Waals surface area contributed by atoms with Crippen LogP contribution in [-0.4, -0.2) is 83.9 Å². The number of anilines is 4. The lowest BCUT2D eigenvalue weighted by Gasteiger charge is -2.16. The highest BCUT2D eigenvalue weighted by Gasteiger charge is 2.27. The molecule has 13 aromatic carbocycles. The third-order valence-electron chi connectivity index (χ3n) is 20.9. The van der Waals surface area contributed by atoms with Gasteiger partial charge in [-0.15, -0.1) is 0 Å². The summed E-state index contributed by atoms with van der Waals surface area (Å²) < 4.78 is 53.3. The number of halogens is 4. The predicted molar refractivity (Wildman–Crippen MR) is 498 cm³/mol. The number of aromatic nitrogens is 8. The Morgan fingerprint density at radius 3 is 0.840 bits per heavy atom. The minimum atomic E-state index is -1.11. The molecule has 17 rings (SSSR count). The zero-order valence-corrected chi connectivity index (χ0v) is 70.6. The molecular weight excluding hydrogens is 1660 g/mol. The van der Waals surface area contributed by atoms with Crippen LogP contribution in [0.5, 0.6) is 0 Å². The first-order chi connectivity index (χ1) is 63.9. The number of carbonyl (C=O) groups excluding carboxylic acids is 4. The van der Waals surface area contributed by atoms with Gasteiger partial charge in [0.05, 0.1) is 60.4 Å². The fraction of sp³-hybridized carbons (Fsp3) is 0.103. The van der Waals surface area contributed by atoms with Crippen LogP contribution in [0.1, 0.15) is 111 Å².